The molecule has 0 aliphatic carbocycles. The zero-order chi connectivity index (χ0) is 15.4. The Morgan fingerprint density at radius 2 is 2.15 bits per heavy atom. The highest BCUT2D eigenvalue weighted by Gasteiger charge is 2.27. The summed E-state index contributed by atoms with van der Waals surface area (Å²) in [5, 5.41) is 7.77. The van der Waals surface area contributed by atoms with Gasteiger partial charge in [-0.2, -0.15) is 0 Å². The van der Waals surface area contributed by atoms with Crippen LogP contribution >= 0.6 is 0 Å². The molecule has 6 heteroatoms. The molecule has 0 radical (unpaired) electrons. The van der Waals surface area contributed by atoms with E-state index in [1.165, 1.54) is 0 Å². The van der Waals surface area contributed by atoms with E-state index in [9.17, 15) is 13.2 Å². The molecule has 110 valence electrons. The number of sulfonamides is 1. The van der Waals surface area contributed by atoms with Crippen molar-refractivity contribution in [2.45, 2.75) is 26.0 Å². The lowest BCUT2D eigenvalue weighted by Crippen LogP contribution is -2.31. The second-order valence-corrected chi connectivity index (χ2v) is 6.55. The first-order valence-electron chi connectivity index (χ1n) is 6.24. The van der Waals surface area contributed by atoms with Gasteiger partial charge in [0.2, 0.25) is 15.9 Å². The van der Waals surface area contributed by atoms with Crippen molar-refractivity contribution in [2.75, 3.05) is 5.32 Å². The monoisotopic (exact) mass is 296 g/mol. The lowest BCUT2D eigenvalue weighted by Gasteiger charge is -2.22. The maximum absolute atomic E-state index is 12.2. The number of anilines is 1. The standard InChI is InChI=1S/C14H20N2O3S/c1-4-14(3,5-2)13(17)16-12-8-6-7-11(9-12)10-20(15,18)19/h4,6-9H,1,5,10H2,2-3H3,(H,16,17)(H2,15,18,19)/t14-/m0/s1. The van der Waals surface area contributed by atoms with Gasteiger partial charge in [0.15, 0.2) is 0 Å². The molecule has 0 aromatic heterocycles. The summed E-state index contributed by atoms with van der Waals surface area (Å²) in [7, 11) is -3.59. The van der Waals surface area contributed by atoms with Crippen LogP contribution in [0.4, 0.5) is 5.69 Å². The summed E-state index contributed by atoms with van der Waals surface area (Å²) in [6.45, 7) is 7.37. The van der Waals surface area contributed by atoms with Gasteiger partial charge in [-0.05, 0) is 31.0 Å². The molecule has 0 saturated carbocycles. The summed E-state index contributed by atoms with van der Waals surface area (Å²) in [6, 6.07) is 6.62. The molecule has 0 fully saturated rings. The van der Waals surface area contributed by atoms with Gasteiger partial charge in [0, 0.05) is 5.69 Å². The van der Waals surface area contributed by atoms with Gasteiger partial charge in [-0.15, -0.1) is 6.58 Å². The normalized spacial score (nSPS) is 14.3. The minimum atomic E-state index is -3.59. The third-order valence-corrected chi connectivity index (χ3v) is 3.99. The molecular formula is C14H20N2O3S. The highest BCUT2D eigenvalue weighted by molar-refractivity contribution is 7.88. The number of benzene rings is 1. The first-order chi connectivity index (χ1) is 9.20. The lowest BCUT2D eigenvalue weighted by atomic mass is 9.86. The summed E-state index contributed by atoms with van der Waals surface area (Å²) < 4.78 is 22.1. The molecule has 1 rings (SSSR count). The average molecular weight is 296 g/mol. The van der Waals surface area contributed by atoms with Crippen LogP contribution in [0, 0.1) is 5.41 Å². The molecule has 5 nitrogen and oxygen atoms in total. The molecule has 0 spiro atoms. The van der Waals surface area contributed by atoms with E-state index >= 15 is 0 Å². The summed E-state index contributed by atoms with van der Waals surface area (Å²) in [5.74, 6) is -0.439. The smallest absolute Gasteiger partial charge is 0.234 e. The third-order valence-electron chi connectivity index (χ3n) is 3.26. The molecule has 0 unspecified atom stereocenters. The van der Waals surface area contributed by atoms with Gasteiger partial charge in [-0.25, -0.2) is 13.6 Å². The van der Waals surface area contributed by atoms with Gasteiger partial charge < -0.3 is 5.32 Å². The Hall–Kier alpha value is -1.66. The molecule has 1 aromatic carbocycles. The van der Waals surface area contributed by atoms with Crippen molar-refractivity contribution in [3.63, 3.8) is 0 Å². The Kier molecular flexibility index (Phi) is 5.08. The minimum Gasteiger partial charge on any atom is -0.325 e. The van der Waals surface area contributed by atoms with Crippen LogP contribution in [0.5, 0.6) is 0 Å². The highest BCUT2D eigenvalue weighted by Crippen LogP contribution is 2.25. The van der Waals surface area contributed by atoms with E-state index in [2.05, 4.69) is 11.9 Å². The van der Waals surface area contributed by atoms with E-state index in [4.69, 9.17) is 5.14 Å². The van der Waals surface area contributed by atoms with Crippen molar-refractivity contribution in [2.24, 2.45) is 10.6 Å². The average Bonchev–Trinajstić information content (AvgIpc) is 2.36. The van der Waals surface area contributed by atoms with Crippen molar-refractivity contribution >= 4 is 21.6 Å². The van der Waals surface area contributed by atoms with Crippen molar-refractivity contribution < 1.29 is 13.2 Å². The van der Waals surface area contributed by atoms with E-state index in [1.54, 1.807) is 37.3 Å². The molecule has 0 heterocycles. The van der Waals surface area contributed by atoms with E-state index in [0.29, 0.717) is 17.7 Å². The lowest BCUT2D eigenvalue weighted by molar-refractivity contribution is -0.122. The predicted molar refractivity (Wildman–Crippen MR) is 80.5 cm³/mol. The molecule has 0 aliphatic heterocycles. The van der Waals surface area contributed by atoms with Crippen molar-refractivity contribution in [3.8, 4) is 0 Å². The maximum atomic E-state index is 12.2. The quantitative estimate of drug-likeness (QED) is 0.787. The fraction of sp³-hybridized carbons (Fsp3) is 0.357. The highest BCUT2D eigenvalue weighted by atomic mass is 32.2. The third kappa shape index (κ3) is 4.47. The van der Waals surface area contributed by atoms with E-state index in [0.717, 1.165) is 0 Å². The Bertz CT molecular complexity index is 611. The fourth-order valence-corrected chi connectivity index (χ4v) is 2.29. The largest absolute Gasteiger partial charge is 0.325 e. The van der Waals surface area contributed by atoms with Crippen LogP contribution in [0.25, 0.3) is 0 Å². The van der Waals surface area contributed by atoms with Crippen LogP contribution in [0.2, 0.25) is 0 Å². The Morgan fingerprint density at radius 3 is 2.65 bits per heavy atom. The van der Waals surface area contributed by atoms with Gasteiger partial charge in [0.1, 0.15) is 0 Å². The number of carbonyl (C=O) groups excluding carboxylic acids is 1. The minimum absolute atomic E-state index is 0.178. The number of nitrogens with two attached hydrogens (primary N) is 1. The summed E-state index contributed by atoms with van der Waals surface area (Å²) >= 11 is 0. The maximum Gasteiger partial charge on any atom is 0.234 e. The molecule has 1 atom stereocenters. The van der Waals surface area contributed by atoms with Crippen molar-refractivity contribution in [3.05, 3.63) is 42.5 Å². The summed E-state index contributed by atoms with van der Waals surface area (Å²) in [6.07, 6.45) is 2.23. The van der Waals surface area contributed by atoms with Gasteiger partial charge in [0.25, 0.3) is 0 Å². The van der Waals surface area contributed by atoms with Crippen LogP contribution in [-0.2, 0) is 20.6 Å². The number of primary sulfonamides is 1. The molecule has 1 aromatic rings. The molecule has 0 saturated heterocycles. The van der Waals surface area contributed by atoms with E-state index in [-0.39, 0.29) is 11.7 Å². The molecular weight excluding hydrogens is 276 g/mol. The van der Waals surface area contributed by atoms with Crippen LogP contribution in [0.15, 0.2) is 36.9 Å². The van der Waals surface area contributed by atoms with Crippen molar-refractivity contribution in [1.82, 2.24) is 0 Å². The zero-order valence-corrected chi connectivity index (χ0v) is 12.5. The SMILES string of the molecule is C=C[C@@](C)(CC)C(=O)Nc1cccc(CS(N)(=O)=O)c1. The number of hydrogen-bond acceptors (Lipinski definition) is 3. The number of hydrogen-bond donors (Lipinski definition) is 2. The predicted octanol–water partition coefficient (Wildman–Crippen LogP) is 2.02. The van der Waals surface area contributed by atoms with Gasteiger partial charge in [0.05, 0.1) is 11.2 Å². The van der Waals surface area contributed by atoms with Gasteiger partial charge >= 0.3 is 0 Å². The first-order valence-corrected chi connectivity index (χ1v) is 7.96. The van der Waals surface area contributed by atoms with Gasteiger partial charge in [-0.1, -0.05) is 25.1 Å². The second kappa shape index (κ2) is 6.19. The number of amides is 1. The Balaban J connectivity index is 2.92. The summed E-state index contributed by atoms with van der Waals surface area (Å²) in [5.41, 5.74) is 0.412. The fourth-order valence-electron chi connectivity index (χ4n) is 1.64. The van der Waals surface area contributed by atoms with Crippen LogP contribution < -0.4 is 10.5 Å². The molecule has 0 aliphatic rings. The number of nitrogens with one attached hydrogen (secondary N) is 1. The van der Waals surface area contributed by atoms with Crippen LogP contribution in [0.1, 0.15) is 25.8 Å². The topological polar surface area (TPSA) is 89.3 Å². The van der Waals surface area contributed by atoms with E-state index in [1.807, 2.05) is 6.92 Å². The van der Waals surface area contributed by atoms with Gasteiger partial charge in [-0.3, -0.25) is 4.79 Å². The second-order valence-electron chi connectivity index (χ2n) is 4.94. The molecule has 1 amide bonds. The number of carbonyl (C=O) groups is 1. The molecule has 3 N–H and O–H groups in total. The number of rotatable bonds is 6. The zero-order valence-electron chi connectivity index (χ0n) is 11.7. The molecule has 0 bridgehead atoms. The Morgan fingerprint density at radius 1 is 1.50 bits per heavy atom. The Labute approximate surface area is 119 Å². The first kappa shape index (κ1) is 16.4. The summed E-state index contributed by atoms with van der Waals surface area (Å²) in [4.78, 5) is 12.2. The van der Waals surface area contributed by atoms with E-state index < -0.39 is 15.4 Å². The molecule has 20 heavy (non-hydrogen) atoms. The van der Waals surface area contributed by atoms with Crippen LogP contribution in [-0.4, -0.2) is 14.3 Å². The van der Waals surface area contributed by atoms with Crippen molar-refractivity contribution in [1.29, 1.82) is 0 Å². The van der Waals surface area contributed by atoms with Crippen LogP contribution in [0.3, 0.4) is 0 Å².